The highest BCUT2D eigenvalue weighted by Crippen LogP contribution is 2.31. The Hall–Kier alpha value is -2.48. The van der Waals surface area contributed by atoms with Gasteiger partial charge >= 0.3 is 6.18 Å². The smallest absolute Gasteiger partial charge is 0.416 e. The van der Waals surface area contributed by atoms with Crippen LogP contribution in [-0.4, -0.2) is 14.8 Å². The monoisotopic (exact) mass is 407 g/mol. The average Bonchev–Trinajstić information content (AvgIpc) is 2.99. The van der Waals surface area contributed by atoms with Gasteiger partial charge in [-0.25, -0.2) is 0 Å². The van der Waals surface area contributed by atoms with Gasteiger partial charge in [0.1, 0.15) is 12.4 Å². The van der Waals surface area contributed by atoms with Crippen LogP contribution < -0.4 is 4.74 Å². The first kappa shape index (κ1) is 20.3. The molecule has 0 atom stereocenters. The maximum absolute atomic E-state index is 12.8. The van der Waals surface area contributed by atoms with Crippen LogP contribution >= 0.6 is 11.8 Å². The number of hydrogen-bond donors (Lipinski definition) is 0. The third-order valence-corrected chi connectivity index (χ3v) is 5.33. The Bertz CT molecular complexity index is 970. The van der Waals surface area contributed by atoms with E-state index in [1.165, 1.54) is 17.8 Å². The molecular formula is C20H20F3N3OS. The summed E-state index contributed by atoms with van der Waals surface area (Å²) < 4.78 is 46.1. The van der Waals surface area contributed by atoms with Gasteiger partial charge in [0.15, 0.2) is 11.0 Å². The summed E-state index contributed by atoms with van der Waals surface area (Å²) in [5.41, 5.74) is 2.14. The Labute approximate surface area is 165 Å². The van der Waals surface area contributed by atoms with E-state index in [0.29, 0.717) is 22.3 Å². The quantitative estimate of drug-likeness (QED) is 0.519. The van der Waals surface area contributed by atoms with Crippen LogP contribution in [-0.2, 0) is 25.6 Å². The summed E-state index contributed by atoms with van der Waals surface area (Å²) in [4.78, 5) is 0. The summed E-state index contributed by atoms with van der Waals surface area (Å²) >= 11 is 1.33. The van der Waals surface area contributed by atoms with Crippen molar-refractivity contribution in [2.24, 2.45) is 7.05 Å². The average molecular weight is 407 g/mol. The minimum absolute atomic E-state index is 0.261. The lowest BCUT2D eigenvalue weighted by molar-refractivity contribution is -0.137. The molecule has 2 aromatic carbocycles. The van der Waals surface area contributed by atoms with Crippen LogP contribution in [0.25, 0.3) is 0 Å². The molecule has 148 valence electrons. The summed E-state index contributed by atoms with van der Waals surface area (Å²) in [5.74, 6) is 1.80. The van der Waals surface area contributed by atoms with Crippen molar-refractivity contribution < 1.29 is 17.9 Å². The summed E-state index contributed by atoms with van der Waals surface area (Å²) in [5, 5.41) is 8.88. The third-order valence-electron chi connectivity index (χ3n) is 4.23. The number of halogens is 3. The molecule has 0 aliphatic rings. The van der Waals surface area contributed by atoms with Crippen molar-refractivity contribution in [3.8, 4) is 5.75 Å². The number of nitrogens with zero attached hydrogens (tertiary/aromatic N) is 3. The zero-order valence-corrected chi connectivity index (χ0v) is 16.6. The molecule has 0 saturated heterocycles. The van der Waals surface area contributed by atoms with E-state index in [0.717, 1.165) is 29.0 Å². The maximum Gasteiger partial charge on any atom is 0.416 e. The van der Waals surface area contributed by atoms with Crippen molar-refractivity contribution >= 4 is 11.8 Å². The lowest BCUT2D eigenvalue weighted by atomic mass is 10.1. The molecular weight excluding hydrogens is 387 g/mol. The van der Waals surface area contributed by atoms with Crippen LogP contribution in [0.5, 0.6) is 5.75 Å². The first-order valence-corrected chi connectivity index (χ1v) is 9.60. The van der Waals surface area contributed by atoms with Crippen molar-refractivity contribution in [1.29, 1.82) is 0 Å². The van der Waals surface area contributed by atoms with Crippen molar-refractivity contribution in [2.75, 3.05) is 0 Å². The predicted molar refractivity (Wildman–Crippen MR) is 102 cm³/mol. The highest BCUT2D eigenvalue weighted by Gasteiger charge is 2.30. The van der Waals surface area contributed by atoms with Gasteiger partial charge < -0.3 is 9.30 Å². The number of hydrogen-bond acceptors (Lipinski definition) is 4. The number of ether oxygens (including phenoxy) is 1. The molecule has 3 rings (SSSR count). The van der Waals surface area contributed by atoms with Crippen LogP contribution in [0.4, 0.5) is 13.2 Å². The van der Waals surface area contributed by atoms with Crippen LogP contribution in [0.15, 0.2) is 47.6 Å². The molecule has 28 heavy (non-hydrogen) atoms. The van der Waals surface area contributed by atoms with Gasteiger partial charge in [0.05, 0.1) is 5.56 Å². The lowest BCUT2D eigenvalue weighted by Crippen LogP contribution is -2.05. The second kappa shape index (κ2) is 8.26. The van der Waals surface area contributed by atoms with Gasteiger partial charge in [-0.05, 0) is 37.1 Å². The first-order chi connectivity index (χ1) is 13.2. The molecule has 4 nitrogen and oxygen atoms in total. The van der Waals surface area contributed by atoms with E-state index in [4.69, 9.17) is 4.74 Å². The van der Waals surface area contributed by atoms with E-state index in [2.05, 4.69) is 10.2 Å². The van der Waals surface area contributed by atoms with Crippen LogP contribution in [0.1, 0.15) is 28.1 Å². The summed E-state index contributed by atoms with van der Waals surface area (Å²) in [6.45, 7) is 4.26. The van der Waals surface area contributed by atoms with Crippen molar-refractivity contribution in [3.05, 3.63) is 70.5 Å². The minimum Gasteiger partial charge on any atom is -0.485 e. The lowest BCUT2D eigenvalue weighted by Gasteiger charge is -2.10. The largest absolute Gasteiger partial charge is 0.485 e. The molecule has 0 radical (unpaired) electrons. The van der Waals surface area contributed by atoms with Gasteiger partial charge in [-0.2, -0.15) is 13.2 Å². The second-order valence-corrected chi connectivity index (χ2v) is 7.44. The molecule has 1 heterocycles. The molecule has 0 aliphatic heterocycles. The fourth-order valence-corrected chi connectivity index (χ4v) is 3.56. The van der Waals surface area contributed by atoms with Crippen LogP contribution in [0.3, 0.4) is 0 Å². The zero-order chi connectivity index (χ0) is 20.3. The molecule has 1 aromatic heterocycles. The third kappa shape index (κ3) is 4.86. The number of rotatable bonds is 6. The number of aromatic nitrogens is 3. The molecule has 3 aromatic rings. The molecule has 0 saturated carbocycles. The fraction of sp³-hybridized carbons (Fsp3) is 0.300. The SMILES string of the molecule is Cc1ccc(OCc2nnc(SCc3cccc(C(F)(F)F)c3)n2C)c(C)c1. The Morgan fingerprint density at radius 1 is 1.07 bits per heavy atom. The number of benzene rings is 2. The summed E-state index contributed by atoms with van der Waals surface area (Å²) in [7, 11) is 1.81. The predicted octanol–water partition coefficient (Wildman–Crippen LogP) is 5.32. The molecule has 0 spiro atoms. The molecule has 0 aliphatic carbocycles. The maximum atomic E-state index is 12.8. The van der Waals surface area contributed by atoms with Crippen molar-refractivity contribution in [1.82, 2.24) is 14.8 Å². The Balaban J connectivity index is 1.63. The van der Waals surface area contributed by atoms with Gasteiger partial charge in [0.25, 0.3) is 0 Å². The number of alkyl halides is 3. The minimum atomic E-state index is -4.34. The van der Waals surface area contributed by atoms with Crippen molar-refractivity contribution in [3.63, 3.8) is 0 Å². The topological polar surface area (TPSA) is 39.9 Å². The Kier molecular flexibility index (Phi) is 5.98. The second-order valence-electron chi connectivity index (χ2n) is 6.50. The first-order valence-electron chi connectivity index (χ1n) is 8.61. The van der Waals surface area contributed by atoms with E-state index in [1.54, 1.807) is 10.6 Å². The molecule has 8 heteroatoms. The fourth-order valence-electron chi connectivity index (χ4n) is 2.69. The molecule has 0 N–H and O–H groups in total. The number of aryl methyl sites for hydroxylation is 2. The van der Waals surface area contributed by atoms with Gasteiger partial charge in [-0.1, -0.05) is 47.7 Å². The van der Waals surface area contributed by atoms with Crippen LogP contribution in [0.2, 0.25) is 0 Å². The Morgan fingerprint density at radius 2 is 1.86 bits per heavy atom. The molecule has 0 bridgehead atoms. The van der Waals surface area contributed by atoms with E-state index in [-0.39, 0.29) is 6.61 Å². The van der Waals surface area contributed by atoms with E-state index >= 15 is 0 Å². The standard InChI is InChI=1S/C20H20F3N3OS/c1-13-7-8-17(14(2)9-13)27-11-18-24-25-19(26(18)3)28-12-15-5-4-6-16(10-15)20(21,22)23/h4-10H,11-12H2,1-3H3. The highest BCUT2D eigenvalue weighted by molar-refractivity contribution is 7.98. The van der Waals surface area contributed by atoms with Crippen molar-refractivity contribution in [2.45, 2.75) is 37.5 Å². The van der Waals surface area contributed by atoms with E-state index < -0.39 is 11.7 Å². The Morgan fingerprint density at radius 3 is 2.57 bits per heavy atom. The van der Waals surface area contributed by atoms with Crippen LogP contribution in [0, 0.1) is 13.8 Å². The molecule has 0 fully saturated rings. The zero-order valence-electron chi connectivity index (χ0n) is 15.7. The van der Waals surface area contributed by atoms with Gasteiger partial charge in [-0.15, -0.1) is 10.2 Å². The molecule has 0 unspecified atom stereocenters. The van der Waals surface area contributed by atoms with E-state index in [9.17, 15) is 13.2 Å². The summed E-state index contributed by atoms with van der Waals surface area (Å²) in [6.07, 6.45) is -4.34. The normalized spacial score (nSPS) is 11.6. The summed E-state index contributed by atoms with van der Waals surface area (Å²) in [6, 6.07) is 11.3. The van der Waals surface area contributed by atoms with E-state index in [1.807, 2.05) is 39.1 Å². The van der Waals surface area contributed by atoms with Gasteiger partial charge in [0.2, 0.25) is 0 Å². The number of thioether (sulfide) groups is 1. The van der Waals surface area contributed by atoms with Gasteiger partial charge in [0, 0.05) is 12.8 Å². The highest BCUT2D eigenvalue weighted by atomic mass is 32.2. The van der Waals surface area contributed by atoms with Gasteiger partial charge in [-0.3, -0.25) is 0 Å². The molecule has 0 amide bonds.